The smallest absolute Gasteiger partial charge is 0.423 e. The minimum absolute atomic E-state index is 0.292. The third-order valence-electron chi connectivity index (χ3n) is 3.73. The van der Waals surface area contributed by atoms with Crippen LogP contribution in [-0.4, -0.2) is 30.8 Å². The van der Waals surface area contributed by atoms with Crippen LogP contribution >= 0.6 is 0 Å². The second-order valence-electron chi connectivity index (χ2n) is 5.24. The molecule has 1 aliphatic rings. The van der Waals surface area contributed by atoms with E-state index in [2.05, 4.69) is 5.32 Å². The fourth-order valence-electron chi connectivity index (χ4n) is 2.58. The van der Waals surface area contributed by atoms with Gasteiger partial charge in [0.15, 0.2) is 0 Å². The van der Waals surface area contributed by atoms with Crippen LogP contribution in [0, 0.1) is 0 Å². The minimum Gasteiger partial charge on any atom is -0.423 e. The number of carbonyl (C=O) groups excluding carboxylic acids is 1. The third kappa shape index (κ3) is 3.88. The normalized spacial score (nSPS) is 16.0. The van der Waals surface area contributed by atoms with E-state index in [4.69, 9.17) is 4.65 Å². The highest BCUT2D eigenvalue weighted by Crippen LogP contribution is 2.31. The van der Waals surface area contributed by atoms with Crippen LogP contribution in [0.25, 0.3) is 0 Å². The average molecular weight is 339 g/mol. The molecular weight excluding hydrogens is 322 g/mol. The maximum atomic E-state index is 13.0. The molecule has 0 bridgehead atoms. The summed E-state index contributed by atoms with van der Waals surface area (Å²) >= 11 is 0. The van der Waals surface area contributed by atoms with Crippen molar-refractivity contribution in [2.24, 2.45) is 0 Å². The first-order valence-electron chi connectivity index (χ1n) is 7.42. The zero-order valence-electron chi connectivity index (χ0n) is 13.3. The molecule has 0 saturated heterocycles. The molecule has 0 aliphatic carbocycles. The van der Waals surface area contributed by atoms with Crippen molar-refractivity contribution >= 4 is 24.2 Å². The van der Waals surface area contributed by atoms with Gasteiger partial charge < -0.3 is 15.0 Å². The largest absolute Gasteiger partial charge is 0.491 e. The molecule has 1 heterocycles. The number of nitrogens with one attached hydrogen (secondary N) is 1. The minimum atomic E-state index is -4.62. The number of alkyl halides is 3. The van der Waals surface area contributed by atoms with Crippen molar-refractivity contribution in [2.75, 3.05) is 11.9 Å². The number of halogens is 3. The standard InChI is InChI=1S/C16H17BF3NO3/c1-3-12(13(4-2)16(18,19)20)15(22)21-11-6-5-10-7-8-24-17(23)14(10)9-11/h3-6,9,23H,7-8H2,1-2H3,(H,21,22)/b12-3+,13-4+. The predicted molar refractivity (Wildman–Crippen MR) is 85.9 cm³/mol. The van der Waals surface area contributed by atoms with Gasteiger partial charge in [-0.25, -0.2) is 0 Å². The quantitative estimate of drug-likeness (QED) is 0.505. The number of allylic oxidation sites excluding steroid dienone is 2. The van der Waals surface area contributed by atoms with E-state index in [1.165, 1.54) is 19.9 Å². The Kier molecular flexibility index (Phi) is 5.51. The molecule has 1 aliphatic heterocycles. The second kappa shape index (κ2) is 7.23. The molecule has 0 fully saturated rings. The summed E-state index contributed by atoms with van der Waals surface area (Å²) in [6.07, 6.45) is -2.01. The Bertz CT molecular complexity index is 698. The molecule has 24 heavy (non-hydrogen) atoms. The summed E-state index contributed by atoms with van der Waals surface area (Å²) in [6, 6.07) is 4.81. The van der Waals surface area contributed by atoms with Crippen LogP contribution in [0.1, 0.15) is 19.4 Å². The van der Waals surface area contributed by atoms with Gasteiger partial charge in [0.25, 0.3) is 5.91 Å². The molecule has 1 amide bonds. The molecule has 1 aromatic carbocycles. The molecule has 0 atom stereocenters. The summed E-state index contributed by atoms with van der Waals surface area (Å²) < 4.78 is 44.1. The zero-order valence-corrected chi connectivity index (χ0v) is 13.3. The first-order valence-corrected chi connectivity index (χ1v) is 7.42. The number of amides is 1. The van der Waals surface area contributed by atoms with E-state index >= 15 is 0 Å². The topological polar surface area (TPSA) is 58.6 Å². The van der Waals surface area contributed by atoms with Gasteiger partial charge in [0.1, 0.15) is 0 Å². The molecule has 0 spiro atoms. The van der Waals surface area contributed by atoms with Crippen molar-refractivity contribution in [2.45, 2.75) is 26.4 Å². The van der Waals surface area contributed by atoms with Crippen molar-refractivity contribution in [3.8, 4) is 0 Å². The maximum absolute atomic E-state index is 13.0. The molecule has 0 saturated carbocycles. The summed E-state index contributed by atoms with van der Waals surface area (Å²) in [5.41, 5.74) is 0.217. The summed E-state index contributed by atoms with van der Waals surface area (Å²) in [6.45, 7) is 2.99. The third-order valence-corrected chi connectivity index (χ3v) is 3.73. The summed E-state index contributed by atoms with van der Waals surface area (Å²) in [4.78, 5) is 12.2. The Morgan fingerprint density at radius 2 is 2.04 bits per heavy atom. The number of hydrogen-bond donors (Lipinski definition) is 2. The fourth-order valence-corrected chi connectivity index (χ4v) is 2.58. The molecule has 8 heteroatoms. The molecule has 1 aromatic rings. The lowest BCUT2D eigenvalue weighted by Crippen LogP contribution is -2.41. The van der Waals surface area contributed by atoms with Gasteiger partial charge in [-0.05, 0) is 43.4 Å². The summed E-state index contributed by atoms with van der Waals surface area (Å²) in [7, 11) is -1.10. The maximum Gasteiger partial charge on any atom is 0.491 e. The van der Waals surface area contributed by atoms with E-state index < -0.39 is 30.3 Å². The molecule has 0 aromatic heterocycles. The summed E-state index contributed by atoms with van der Waals surface area (Å²) in [5, 5.41) is 12.2. The fraction of sp³-hybridized carbons (Fsp3) is 0.312. The number of hydrogen-bond acceptors (Lipinski definition) is 3. The molecule has 0 unspecified atom stereocenters. The van der Waals surface area contributed by atoms with Crippen LogP contribution in [0.4, 0.5) is 18.9 Å². The lowest BCUT2D eigenvalue weighted by molar-refractivity contribution is -0.115. The highest BCUT2D eigenvalue weighted by molar-refractivity contribution is 6.61. The number of fused-ring (bicyclic) bond motifs is 1. The van der Waals surface area contributed by atoms with Crippen molar-refractivity contribution in [3.05, 3.63) is 47.1 Å². The zero-order chi connectivity index (χ0) is 17.9. The number of rotatable bonds is 3. The van der Waals surface area contributed by atoms with E-state index in [0.29, 0.717) is 24.2 Å². The first kappa shape index (κ1) is 18.3. The van der Waals surface area contributed by atoms with Crippen LogP contribution in [0.15, 0.2) is 41.5 Å². The van der Waals surface area contributed by atoms with Gasteiger partial charge in [0.05, 0.1) is 5.57 Å². The van der Waals surface area contributed by atoms with Crippen molar-refractivity contribution in [1.29, 1.82) is 0 Å². The Hall–Kier alpha value is -2.06. The Morgan fingerprint density at radius 1 is 1.33 bits per heavy atom. The van der Waals surface area contributed by atoms with Crippen LogP contribution in [0.2, 0.25) is 0 Å². The highest BCUT2D eigenvalue weighted by atomic mass is 19.4. The van der Waals surface area contributed by atoms with Crippen molar-refractivity contribution in [1.82, 2.24) is 0 Å². The number of carbonyl (C=O) groups is 1. The highest BCUT2D eigenvalue weighted by Gasteiger charge is 2.37. The average Bonchev–Trinajstić information content (AvgIpc) is 2.51. The SMILES string of the molecule is C/C=C(C(=O)Nc1ccc2c(c1)B(O)OCC2)\C(=C/C)C(F)(F)F. The molecular formula is C16H17BF3NO3. The van der Waals surface area contributed by atoms with Gasteiger partial charge >= 0.3 is 13.3 Å². The Morgan fingerprint density at radius 3 is 2.62 bits per heavy atom. The van der Waals surface area contributed by atoms with Crippen molar-refractivity contribution in [3.63, 3.8) is 0 Å². The number of anilines is 1. The van der Waals surface area contributed by atoms with Crippen LogP contribution in [-0.2, 0) is 15.9 Å². The van der Waals surface area contributed by atoms with E-state index in [9.17, 15) is 23.0 Å². The Labute approximate surface area is 138 Å². The van der Waals surface area contributed by atoms with Crippen molar-refractivity contribution < 1.29 is 27.6 Å². The van der Waals surface area contributed by atoms with Gasteiger partial charge in [0, 0.05) is 17.9 Å². The van der Waals surface area contributed by atoms with Gasteiger partial charge in [-0.1, -0.05) is 18.2 Å². The molecule has 0 radical (unpaired) electrons. The van der Waals surface area contributed by atoms with Gasteiger partial charge in [0.2, 0.25) is 0 Å². The van der Waals surface area contributed by atoms with Crippen LogP contribution < -0.4 is 10.8 Å². The summed E-state index contributed by atoms with van der Waals surface area (Å²) in [5.74, 6) is -0.867. The number of benzene rings is 1. The lowest BCUT2D eigenvalue weighted by atomic mass is 9.73. The lowest BCUT2D eigenvalue weighted by Gasteiger charge is -2.20. The van der Waals surface area contributed by atoms with E-state index in [1.807, 2.05) is 0 Å². The van der Waals surface area contributed by atoms with Gasteiger partial charge in [-0.2, -0.15) is 13.2 Å². The molecule has 4 nitrogen and oxygen atoms in total. The van der Waals surface area contributed by atoms with Gasteiger partial charge in [-0.3, -0.25) is 4.79 Å². The van der Waals surface area contributed by atoms with Crippen LogP contribution in [0.3, 0.4) is 0 Å². The molecule has 2 rings (SSSR count). The van der Waals surface area contributed by atoms with E-state index in [0.717, 1.165) is 17.7 Å². The van der Waals surface area contributed by atoms with Gasteiger partial charge in [-0.15, -0.1) is 0 Å². The van der Waals surface area contributed by atoms with Crippen LogP contribution in [0.5, 0.6) is 0 Å². The first-order chi connectivity index (χ1) is 11.3. The second-order valence-corrected chi connectivity index (χ2v) is 5.24. The Balaban J connectivity index is 2.24. The van der Waals surface area contributed by atoms with E-state index in [-0.39, 0.29) is 0 Å². The molecule has 2 N–H and O–H groups in total. The monoisotopic (exact) mass is 339 g/mol. The van der Waals surface area contributed by atoms with E-state index in [1.54, 1.807) is 12.1 Å². The molecule has 128 valence electrons. The predicted octanol–water partition coefficient (Wildman–Crippen LogP) is 2.34.